The monoisotopic (exact) mass is 153 g/mol. The highest BCUT2D eigenvalue weighted by Crippen LogP contribution is 2.03. The van der Waals surface area contributed by atoms with E-state index in [0.29, 0.717) is 11.4 Å². The van der Waals surface area contributed by atoms with Gasteiger partial charge in [0.2, 0.25) is 0 Å². The van der Waals surface area contributed by atoms with Gasteiger partial charge in [0.05, 0.1) is 0 Å². The molecule has 1 rings (SSSR count). The van der Waals surface area contributed by atoms with Crippen LogP contribution in [0, 0.1) is 6.92 Å². The minimum absolute atomic E-state index is 0.190. The maximum Gasteiger partial charge on any atom is 0.254 e. The summed E-state index contributed by atoms with van der Waals surface area (Å²) in [6.07, 6.45) is 0. The molecule has 4 nitrogen and oxygen atoms in total. The first kappa shape index (κ1) is 7.81. The van der Waals surface area contributed by atoms with E-state index in [1.807, 2.05) is 6.92 Å². The summed E-state index contributed by atoms with van der Waals surface area (Å²) in [7, 11) is 0. The van der Waals surface area contributed by atoms with Crippen LogP contribution in [0.3, 0.4) is 0 Å². The molecule has 11 heavy (non-hydrogen) atoms. The first-order valence-corrected chi connectivity index (χ1v) is 3.33. The lowest BCUT2D eigenvalue weighted by Crippen LogP contribution is -2.18. The van der Waals surface area contributed by atoms with E-state index in [1.54, 1.807) is 6.07 Å². The van der Waals surface area contributed by atoms with E-state index in [9.17, 15) is 4.79 Å². The number of hydrogen-bond acceptors (Lipinski definition) is 3. The number of rotatable bonds is 1. The third-order valence-electron chi connectivity index (χ3n) is 1.58. The van der Waals surface area contributed by atoms with Crippen LogP contribution in [0.15, 0.2) is 10.9 Å². The van der Waals surface area contributed by atoms with Gasteiger partial charge >= 0.3 is 0 Å². The van der Waals surface area contributed by atoms with Gasteiger partial charge in [0, 0.05) is 12.1 Å². The average Bonchev–Trinajstić information content (AvgIpc) is 1.85. The molecule has 0 spiro atoms. The molecule has 0 aliphatic carbocycles. The van der Waals surface area contributed by atoms with E-state index >= 15 is 0 Å². The summed E-state index contributed by atoms with van der Waals surface area (Å²) in [5.74, 6) is 0.379. The molecule has 1 aromatic rings. The quantitative estimate of drug-likeness (QED) is 0.519. The predicted molar refractivity (Wildman–Crippen MR) is 44.1 cm³/mol. The van der Waals surface area contributed by atoms with Gasteiger partial charge < -0.3 is 16.5 Å². The maximum absolute atomic E-state index is 11.1. The molecule has 0 fully saturated rings. The molecule has 4 heteroatoms. The van der Waals surface area contributed by atoms with Crippen molar-refractivity contribution in [3.8, 4) is 0 Å². The summed E-state index contributed by atoms with van der Waals surface area (Å²) in [5.41, 5.74) is 12.0. The molecule has 0 saturated heterocycles. The second kappa shape index (κ2) is 2.75. The first-order chi connectivity index (χ1) is 5.15. The van der Waals surface area contributed by atoms with Crippen LogP contribution in [-0.2, 0) is 6.54 Å². The number of pyridine rings is 1. The molecule has 5 N–H and O–H groups in total. The molecule has 60 valence electrons. The summed E-state index contributed by atoms with van der Waals surface area (Å²) in [5, 5.41) is 0. The van der Waals surface area contributed by atoms with Gasteiger partial charge in [-0.1, -0.05) is 0 Å². The summed E-state index contributed by atoms with van der Waals surface area (Å²) < 4.78 is 0. The molecule has 0 amide bonds. The second-order valence-electron chi connectivity index (χ2n) is 2.42. The number of aryl methyl sites for hydroxylation is 1. The van der Waals surface area contributed by atoms with Gasteiger partial charge in [0.25, 0.3) is 5.56 Å². The maximum atomic E-state index is 11.1. The van der Waals surface area contributed by atoms with Gasteiger partial charge in [-0.2, -0.15) is 0 Å². The first-order valence-electron chi connectivity index (χ1n) is 3.33. The van der Waals surface area contributed by atoms with Crippen LogP contribution in [0.1, 0.15) is 11.1 Å². The molecule has 0 radical (unpaired) electrons. The van der Waals surface area contributed by atoms with Crippen molar-refractivity contribution in [2.75, 3.05) is 5.73 Å². The molecule has 0 aliphatic heterocycles. The van der Waals surface area contributed by atoms with Crippen molar-refractivity contribution in [1.29, 1.82) is 0 Å². The molecule has 0 unspecified atom stereocenters. The van der Waals surface area contributed by atoms with Gasteiger partial charge in [-0.25, -0.2) is 0 Å². The topological polar surface area (TPSA) is 84.9 Å². The van der Waals surface area contributed by atoms with Gasteiger partial charge in [-0.15, -0.1) is 0 Å². The standard InChI is InChI=1S/C7H11N3O/c1-4-2-6(9)10-7(11)5(4)3-8/h2H,3,8H2,1H3,(H3,9,10,11). The second-order valence-corrected chi connectivity index (χ2v) is 2.42. The fourth-order valence-corrected chi connectivity index (χ4v) is 0.996. The van der Waals surface area contributed by atoms with Gasteiger partial charge in [0.1, 0.15) is 5.82 Å². The molecule has 0 saturated carbocycles. The number of nitrogen functional groups attached to an aromatic ring is 1. The third kappa shape index (κ3) is 1.40. The smallest absolute Gasteiger partial charge is 0.254 e. The van der Waals surface area contributed by atoms with Crippen molar-refractivity contribution in [3.05, 3.63) is 27.5 Å². The van der Waals surface area contributed by atoms with Gasteiger partial charge in [-0.3, -0.25) is 4.79 Å². The van der Waals surface area contributed by atoms with E-state index in [2.05, 4.69) is 4.98 Å². The number of H-pyrrole nitrogens is 1. The van der Waals surface area contributed by atoms with Crippen molar-refractivity contribution < 1.29 is 0 Å². The Hall–Kier alpha value is -1.29. The van der Waals surface area contributed by atoms with E-state index < -0.39 is 0 Å². The van der Waals surface area contributed by atoms with Crippen LogP contribution in [0.2, 0.25) is 0 Å². The summed E-state index contributed by atoms with van der Waals surface area (Å²) >= 11 is 0. The Morgan fingerprint density at radius 3 is 2.73 bits per heavy atom. The van der Waals surface area contributed by atoms with Crippen LogP contribution in [-0.4, -0.2) is 4.98 Å². The molecule has 0 aliphatic rings. The fourth-order valence-electron chi connectivity index (χ4n) is 0.996. The summed E-state index contributed by atoms with van der Waals surface area (Å²) in [6.45, 7) is 2.06. The molecule has 0 bridgehead atoms. The van der Waals surface area contributed by atoms with Crippen molar-refractivity contribution in [3.63, 3.8) is 0 Å². The summed E-state index contributed by atoms with van der Waals surface area (Å²) in [4.78, 5) is 13.5. The van der Waals surface area contributed by atoms with Crippen LogP contribution in [0.4, 0.5) is 5.82 Å². The lowest BCUT2D eigenvalue weighted by atomic mass is 10.1. The Balaban J connectivity index is 3.37. The van der Waals surface area contributed by atoms with Crippen molar-refractivity contribution >= 4 is 5.82 Å². The highest BCUT2D eigenvalue weighted by Gasteiger charge is 2.01. The number of anilines is 1. The molecule has 0 aromatic carbocycles. The van der Waals surface area contributed by atoms with E-state index in [0.717, 1.165) is 5.56 Å². The molecule has 0 atom stereocenters. The average molecular weight is 153 g/mol. The Kier molecular flexibility index (Phi) is 1.96. The number of nitrogens with one attached hydrogen (secondary N) is 1. The Morgan fingerprint density at radius 2 is 2.27 bits per heavy atom. The highest BCUT2D eigenvalue weighted by atomic mass is 16.1. The zero-order valence-electron chi connectivity index (χ0n) is 6.35. The lowest BCUT2D eigenvalue weighted by molar-refractivity contribution is 0.997. The Labute approximate surface area is 64.2 Å². The normalized spacial score (nSPS) is 10.0. The highest BCUT2D eigenvalue weighted by molar-refractivity contribution is 5.36. The van der Waals surface area contributed by atoms with E-state index in [4.69, 9.17) is 11.5 Å². The van der Waals surface area contributed by atoms with Crippen LogP contribution in [0.25, 0.3) is 0 Å². The predicted octanol–water partition coefficient (Wildman–Crippen LogP) is -0.276. The van der Waals surface area contributed by atoms with Crippen LogP contribution >= 0.6 is 0 Å². The molecule has 1 aromatic heterocycles. The van der Waals surface area contributed by atoms with Crippen LogP contribution in [0.5, 0.6) is 0 Å². The Bertz CT molecular complexity index is 316. The lowest BCUT2D eigenvalue weighted by Gasteiger charge is -2.01. The van der Waals surface area contributed by atoms with Gasteiger partial charge in [-0.05, 0) is 18.6 Å². The zero-order chi connectivity index (χ0) is 8.43. The zero-order valence-corrected chi connectivity index (χ0v) is 6.35. The minimum Gasteiger partial charge on any atom is -0.385 e. The van der Waals surface area contributed by atoms with Crippen molar-refractivity contribution in [2.45, 2.75) is 13.5 Å². The number of aromatic amines is 1. The van der Waals surface area contributed by atoms with E-state index in [-0.39, 0.29) is 12.1 Å². The number of aromatic nitrogens is 1. The van der Waals surface area contributed by atoms with Gasteiger partial charge in [0.15, 0.2) is 0 Å². The molecule has 1 heterocycles. The number of nitrogens with two attached hydrogens (primary N) is 2. The van der Waals surface area contributed by atoms with E-state index in [1.165, 1.54) is 0 Å². The Morgan fingerprint density at radius 1 is 1.64 bits per heavy atom. The molecular formula is C7H11N3O. The largest absolute Gasteiger partial charge is 0.385 e. The third-order valence-corrected chi connectivity index (χ3v) is 1.58. The summed E-state index contributed by atoms with van der Waals surface area (Å²) in [6, 6.07) is 1.70. The molecular weight excluding hydrogens is 142 g/mol. The minimum atomic E-state index is -0.190. The van der Waals surface area contributed by atoms with Crippen molar-refractivity contribution in [2.24, 2.45) is 5.73 Å². The van der Waals surface area contributed by atoms with Crippen molar-refractivity contribution in [1.82, 2.24) is 4.98 Å². The fraction of sp³-hybridized carbons (Fsp3) is 0.286. The number of hydrogen-bond donors (Lipinski definition) is 3. The SMILES string of the molecule is Cc1cc(N)[nH]c(=O)c1CN. The van der Waals surface area contributed by atoms with Crippen LogP contribution < -0.4 is 17.0 Å².